The minimum Gasteiger partial charge on any atom is -0.378 e. The molecule has 1 saturated heterocycles. The fraction of sp³-hybridized carbons (Fsp3) is 1.00. The topological polar surface area (TPSA) is 21.3 Å². The van der Waals surface area contributed by atoms with Gasteiger partial charge in [0.25, 0.3) is 0 Å². The predicted octanol–water partition coefficient (Wildman–Crippen LogP) is 2.05. The molecule has 0 radical (unpaired) electrons. The molecule has 0 aromatic heterocycles. The summed E-state index contributed by atoms with van der Waals surface area (Å²) in [6, 6.07) is 0. The van der Waals surface area contributed by atoms with Crippen LogP contribution >= 0.6 is 0 Å². The Labute approximate surface area is 82.0 Å². The Hall–Kier alpha value is -0.0800. The lowest BCUT2D eigenvalue weighted by atomic mass is 9.96. The second-order valence-corrected chi connectivity index (χ2v) is 4.62. The zero-order valence-corrected chi connectivity index (χ0v) is 9.18. The highest BCUT2D eigenvalue weighted by molar-refractivity contribution is 4.70. The van der Waals surface area contributed by atoms with Crippen LogP contribution in [0.3, 0.4) is 0 Å². The summed E-state index contributed by atoms with van der Waals surface area (Å²) >= 11 is 0. The number of hydrogen-bond acceptors (Lipinski definition) is 2. The summed E-state index contributed by atoms with van der Waals surface area (Å²) in [4.78, 5) is 0. The summed E-state index contributed by atoms with van der Waals surface area (Å²) in [5, 5.41) is 3.52. The van der Waals surface area contributed by atoms with Crippen molar-refractivity contribution >= 4 is 0 Å². The molecular formula is C11H23NO. The Kier molecular flexibility index (Phi) is 4.74. The lowest BCUT2D eigenvalue weighted by molar-refractivity contribution is 0.00287. The van der Waals surface area contributed by atoms with Gasteiger partial charge in [-0.05, 0) is 44.7 Å². The fourth-order valence-electron chi connectivity index (χ4n) is 1.85. The normalized spacial score (nSPS) is 29.5. The maximum Gasteiger partial charge on any atom is 0.0550 e. The van der Waals surface area contributed by atoms with Crippen molar-refractivity contribution in [3.8, 4) is 0 Å². The third kappa shape index (κ3) is 4.63. The van der Waals surface area contributed by atoms with Gasteiger partial charge in [0.05, 0.1) is 6.10 Å². The van der Waals surface area contributed by atoms with E-state index in [4.69, 9.17) is 4.74 Å². The van der Waals surface area contributed by atoms with E-state index in [0.29, 0.717) is 6.10 Å². The Morgan fingerprint density at radius 3 is 2.85 bits per heavy atom. The highest BCUT2D eigenvalue weighted by Crippen LogP contribution is 2.18. The molecule has 2 nitrogen and oxygen atoms in total. The van der Waals surface area contributed by atoms with Gasteiger partial charge in [-0.15, -0.1) is 0 Å². The number of ether oxygens (including phenoxy) is 1. The highest BCUT2D eigenvalue weighted by Gasteiger charge is 2.18. The largest absolute Gasteiger partial charge is 0.378 e. The van der Waals surface area contributed by atoms with Crippen molar-refractivity contribution in [1.29, 1.82) is 0 Å². The second kappa shape index (κ2) is 5.61. The third-order valence-electron chi connectivity index (χ3n) is 2.58. The molecule has 2 atom stereocenters. The lowest BCUT2D eigenvalue weighted by Crippen LogP contribution is -2.32. The quantitative estimate of drug-likeness (QED) is 0.723. The van der Waals surface area contributed by atoms with Gasteiger partial charge in [0.2, 0.25) is 0 Å². The van der Waals surface area contributed by atoms with Crippen molar-refractivity contribution in [3.05, 3.63) is 0 Å². The van der Waals surface area contributed by atoms with Crippen LogP contribution in [0.4, 0.5) is 0 Å². The SMILES string of the molecule is CC(C)CNCC1CCOC(C)C1. The molecule has 13 heavy (non-hydrogen) atoms. The van der Waals surface area contributed by atoms with E-state index in [1.165, 1.54) is 19.4 Å². The first-order valence-corrected chi connectivity index (χ1v) is 5.50. The van der Waals surface area contributed by atoms with Crippen LogP contribution in [-0.4, -0.2) is 25.8 Å². The molecule has 1 fully saturated rings. The molecule has 0 aromatic carbocycles. The average Bonchev–Trinajstić information content (AvgIpc) is 2.03. The monoisotopic (exact) mass is 185 g/mol. The Morgan fingerprint density at radius 1 is 1.46 bits per heavy atom. The summed E-state index contributed by atoms with van der Waals surface area (Å²) < 4.78 is 5.51. The van der Waals surface area contributed by atoms with E-state index < -0.39 is 0 Å². The van der Waals surface area contributed by atoms with Gasteiger partial charge in [-0.3, -0.25) is 0 Å². The number of rotatable bonds is 4. The zero-order valence-electron chi connectivity index (χ0n) is 9.18. The molecule has 0 bridgehead atoms. The van der Waals surface area contributed by atoms with E-state index in [-0.39, 0.29) is 0 Å². The molecule has 1 rings (SSSR count). The lowest BCUT2D eigenvalue weighted by Gasteiger charge is -2.27. The third-order valence-corrected chi connectivity index (χ3v) is 2.58. The first-order chi connectivity index (χ1) is 6.18. The zero-order chi connectivity index (χ0) is 9.68. The summed E-state index contributed by atoms with van der Waals surface area (Å²) in [7, 11) is 0. The first kappa shape index (κ1) is 11.0. The van der Waals surface area contributed by atoms with Gasteiger partial charge in [-0.25, -0.2) is 0 Å². The van der Waals surface area contributed by atoms with Crippen LogP contribution < -0.4 is 5.32 Å². The van der Waals surface area contributed by atoms with Gasteiger partial charge in [-0.2, -0.15) is 0 Å². The van der Waals surface area contributed by atoms with Crippen molar-refractivity contribution < 1.29 is 4.74 Å². The van der Waals surface area contributed by atoms with Crippen LogP contribution in [0.15, 0.2) is 0 Å². The van der Waals surface area contributed by atoms with Gasteiger partial charge in [0.1, 0.15) is 0 Å². The molecule has 0 amide bonds. The van der Waals surface area contributed by atoms with Gasteiger partial charge in [0, 0.05) is 6.61 Å². The summed E-state index contributed by atoms with van der Waals surface area (Å²) in [6.07, 6.45) is 2.93. The van der Waals surface area contributed by atoms with Gasteiger partial charge in [0.15, 0.2) is 0 Å². The summed E-state index contributed by atoms with van der Waals surface area (Å²) in [6.45, 7) is 9.95. The van der Waals surface area contributed by atoms with Crippen LogP contribution in [0.2, 0.25) is 0 Å². The molecular weight excluding hydrogens is 162 g/mol. The number of hydrogen-bond donors (Lipinski definition) is 1. The molecule has 0 saturated carbocycles. The molecule has 0 aromatic rings. The highest BCUT2D eigenvalue weighted by atomic mass is 16.5. The van der Waals surface area contributed by atoms with Gasteiger partial charge >= 0.3 is 0 Å². The second-order valence-electron chi connectivity index (χ2n) is 4.62. The molecule has 2 unspecified atom stereocenters. The van der Waals surface area contributed by atoms with Gasteiger partial charge in [-0.1, -0.05) is 13.8 Å². The molecule has 0 aliphatic carbocycles. The van der Waals surface area contributed by atoms with Crippen LogP contribution in [0.5, 0.6) is 0 Å². The maximum absolute atomic E-state index is 5.51. The average molecular weight is 185 g/mol. The summed E-state index contributed by atoms with van der Waals surface area (Å²) in [5.41, 5.74) is 0. The van der Waals surface area contributed by atoms with Crippen molar-refractivity contribution in [2.75, 3.05) is 19.7 Å². The standard InChI is InChI=1S/C11H23NO/c1-9(2)7-12-8-11-4-5-13-10(3)6-11/h9-12H,4-8H2,1-3H3. The van der Waals surface area contributed by atoms with Crippen LogP contribution in [0, 0.1) is 11.8 Å². The smallest absolute Gasteiger partial charge is 0.0550 e. The fourth-order valence-corrected chi connectivity index (χ4v) is 1.85. The molecule has 78 valence electrons. The van der Waals surface area contributed by atoms with E-state index in [2.05, 4.69) is 26.1 Å². The van der Waals surface area contributed by atoms with E-state index in [0.717, 1.165) is 25.0 Å². The Balaban J connectivity index is 2.06. The molecule has 2 heteroatoms. The minimum atomic E-state index is 0.472. The maximum atomic E-state index is 5.51. The van der Waals surface area contributed by atoms with E-state index in [1.807, 2.05) is 0 Å². The minimum absolute atomic E-state index is 0.472. The Morgan fingerprint density at radius 2 is 2.23 bits per heavy atom. The van der Waals surface area contributed by atoms with Crippen molar-refractivity contribution in [3.63, 3.8) is 0 Å². The van der Waals surface area contributed by atoms with E-state index >= 15 is 0 Å². The molecule has 0 spiro atoms. The van der Waals surface area contributed by atoms with Crippen LogP contribution in [0.25, 0.3) is 0 Å². The Bertz CT molecular complexity index is 136. The molecule has 1 aliphatic rings. The van der Waals surface area contributed by atoms with E-state index in [9.17, 15) is 0 Å². The first-order valence-electron chi connectivity index (χ1n) is 5.50. The number of nitrogens with one attached hydrogen (secondary N) is 1. The van der Waals surface area contributed by atoms with Crippen LogP contribution in [-0.2, 0) is 4.74 Å². The predicted molar refractivity (Wildman–Crippen MR) is 55.8 cm³/mol. The van der Waals surface area contributed by atoms with Crippen molar-refractivity contribution in [2.45, 2.75) is 39.7 Å². The molecule has 1 aliphatic heterocycles. The molecule has 1 N–H and O–H groups in total. The van der Waals surface area contributed by atoms with Crippen molar-refractivity contribution in [2.24, 2.45) is 11.8 Å². The molecule has 1 heterocycles. The summed E-state index contributed by atoms with van der Waals surface area (Å²) in [5.74, 6) is 1.60. The van der Waals surface area contributed by atoms with Gasteiger partial charge < -0.3 is 10.1 Å². The van der Waals surface area contributed by atoms with Crippen LogP contribution in [0.1, 0.15) is 33.6 Å². The van der Waals surface area contributed by atoms with Crippen molar-refractivity contribution in [1.82, 2.24) is 5.32 Å². The van der Waals surface area contributed by atoms with E-state index in [1.54, 1.807) is 0 Å².